The van der Waals surface area contributed by atoms with Crippen molar-refractivity contribution in [3.05, 3.63) is 75.8 Å². The molecule has 0 saturated carbocycles. The fourth-order valence-corrected chi connectivity index (χ4v) is 3.68. The number of nitrogens with zero attached hydrogens (tertiary/aromatic N) is 2. The van der Waals surface area contributed by atoms with Gasteiger partial charge < -0.3 is 0 Å². The summed E-state index contributed by atoms with van der Waals surface area (Å²) in [4.78, 5) is 6.43. The topological polar surface area (TPSA) is 36.7 Å². The van der Waals surface area contributed by atoms with Gasteiger partial charge in [0, 0.05) is 26.0 Å². The van der Waals surface area contributed by atoms with Crippen molar-refractivity contribution in [1.82, 2.24) is 4.98 Å². The molecule has 0 fully saturated rings. The van der Waals surface area contributed by atoms with E-state index in [2.05, 4.69) is 39.1 Å². The monoisotopic (exact) mass is 366 g/mol. The number of thiophene rings is 1. The van der Waals surface area contributed by atoms with Gasteiger partial charge in [0.25, 0.3) is 0 Å². The molecule has 106 valence electrons. The Hall–Kier alpha value is -2.22. The van der Waals surface area contributed by atoms with Gasteiger partial charge in [-0.15, -0.1) is 11.3 Å². The van der Waals surface area contributed by atoms with Crippen LogP contribution >= 0.6 is 27.3 Å². The molecule has 22 heavy (non-hydrogen) atoms. The molecule has 0 bridgehead atoms. The number of rotatable bonds is 3. The molecule has 2 nitrogen and oxygen atoms in total. The van der Waals surface area contributed by atoms with E-state index in [9.17, 15) is 5.26 Å². The Morgan fingerprint density at radius 1 is 1.09 bits per heavy atom. The van der Waals surface area contributed by atoms with Crippen LogP contribution < -0.4 is 0 Å². The van der Waals surface area contributed by atoms with Crippen LogP contribution in [-0.4, -0.2) is 4.98 Å². The van der Waals surface area contributed by atoms with Gasteiger partial charge in [0.15, 0.2) is 0 Å². The molecule has 0 radical (unpaired) electrons. The summed E-state index contributed by atoms with van der Waals surface area (Å²) in [7, 11) is 0. The maximum Gasteiger partial charge on any atom is 0.101 e. The first-order valence-corrected chi connectivity index (χ1v) is 8.27. The summed E-state index contributed by atoms with van der Waals surface area (Å²) >= 11 is 5.23. The van der Waals surface area contributed by atoms with Crippen LogP contribution in [0.4, 0.5) is 0 Å². The lowest BCUT2D eigenvalue weighted by molar-refractivity contribution is 1.28. The van der Waals surface area contributed by atoms with Crippen molar-refractivity contribution in [2.75, 3.05) is 0 Å². The minimum Gasteiger partial charge on any atom is -0.256 e. The number of nitriles is 1. The number of aromatic nitrogens is 1. The zero-order valence-electron chi connectivity index (χ0n) is 11.5. The van der Waals surface area contributed by atoms with E-state index in [1.165, 1.54) is 0 Å². The lowest BCUT2D eigenvalue weighted by Crippen LogP contribution is -1.84. The second-order valence-electron chi connectivity index (χ2n) is 4.57. The Labute approximate surface area is 141 Å². The number of hydrogen-bond acceptors (Lipinski definition) is 3. The predicted octanol–water partition coefficient (Wildman–Crippen LogP) is 5.64. The molecule has 0 amide bonds. The van der Waals surface area contributed by atoms with Crippen molar-refractivity contribution in [1.29, 1.82) is 5.26 Å². The van der Waals surface area contributed by atoms with Crippen molar-refractivity contribution in [3.63, 3.8) is 0 Å². The molecule has 4 heteroatoms. The van der Waals surface area contributed by atoms with Crippen LogP contribution in [0.2, 0.25) is 0 Å². The molecule has 0 spiro atoms. The van der Waals surface area contributed by atoms with Crippen molar-refractivity contribution in [2.24, 2.45) is 0 Å². The number of benzene rings is 1. The fourth-order valence-electron chi connectivity index (χ4n) is 2.06. The smallest absolute Gasteiger partial charge is 0.101 e. The Morgan fingerprint density at radius 2 is 1.91 bits per heavy atom. The summed E-state index contributed by atoms with van der Waals surface area (Å²) in [6.07, 6.45) is 3.58. The van der Waals surface area contributed by atoms with Crippen molar-refractivity contribution in [2.45, 2.75) is 0 Å². The van der Waals surface area contributed by atoms with E-state index < -0.39 is 0 Å². The standard InChI is InChI=1S/C18H11BrN2S/c19-16-6-2-1-5-15(16)18-9-8-14(22-18)11-13(12-20)17-7-3-4-10-21-17/h1-11H/b13-11+. The lowest BCUT2D eigenvalue weighted by Gasteiger charge is -1.99. The van der Waals surface area contributed by atoms with Gasteiger partial charge >= 0.3 is 0 Å². The van der Waals surface area contributed by atoms with E-state index in [4.69, 9.17) is 0 Å². The summed E-state index contributed by atoms with van der Waals surface area (Å²) < 4.78 is 1.07. The molecule has 0 aliphatic heterocycles. The first-order chi connectivity index (χ1) is 10.8. The molecule has 0 N–H and O–H groups in total. The molecule has 1 aromatic carbocycles. The third-order valence-electron chi connectivity index (χ3n) is 3.11. The molecule has 0 aliphatic rings. The van der Waals surface area contributed by atoms with Gasteiger partial charge in [-0.3, -0.25) is 4.98 Å². The van der Waals surface area contributed by atoms with E-state index in [0.717, 1.165) is 19.8 Å². The Kier molecular flexibility index (Phi) is 4.47. The van der Waals surface area contributed by atoms with Gasteiger partial charge in [-0.1, -0.05) is 40.2 Å². The SMILES string of the molecule is N#C/C(=C\c1ccc(-c2ccccc2Br)s1)c1ccccn1. The minimum absolute atomic E-state index is 0.570. The van der Waals surface area contributed by atoms with E-state index in [-0.39, 0.29) is 0 Å². The van der Waals surface area contributed by atoms with Crippen LogP contribution in [0, 0.1) is 11.3 Å². The van der Waals surface area contributed by atoms with Crippen LogP contribution in [0.3, 0.4) is 0 Å². The van der Waals surface area contributed by atoms with Crippen LogP contribution in [0.5, 0.6) is 0 Å². The highest BCUT2D eigenvalue weighted by Crippen LogP contribution is 2.34. The van der Waals surface area contributed by atoms with E-state index in [0.29, 0.717) is 11.3 Å². The van der Waals surface area contributed by atoms with Gasteiger partial charge in [0.1, 0.15) is 6.07 Å². The van der Waals surface area contributed by atoms with Gasteiger partial charge in [-0.2, -0.15) is 5.26 Å². The van der Waals surface area contributed by atoms with Gasteiger partial charge in [0.05, 0.1) is 11.3 Å². The average Bonchev–Trinajstić information content (AvgIpc) is 3.02. The second kappa shape index (κ2) is 6.69. The normalized spacial score (nSPS) is 11.2. The fraction of sp³-hybridized carbons (Fsp3) is 0. The highest BCUT2D eigenvalue weighted by atomic mass is 79.9. The molecule has 2 heterocycles. The lowest BCUT2D eigenvalue weighted by atomic mass is 10.1. The van der Waals surface area contributed by atoms with Crippen LogP contribution in [0.1, 0.15) is 10.6 Å². The van der Waals surface area contributed by atoms with Gasteiger partial charge in [0.2, 0.25) is 0 Å². The first-order valence-electron chi connectivity index (χ1n) is 6.66. The number of halogens is 1. The van der Waals surface area contributed by atoms with Gasteiger partial charge in [-0.05, 0) is 36.4 Å². The summed E-state index contributed by atoms with van der Waals surface area (Å²) in [5.41, 5.74) is 2.42. The van der Waals surface area contributed by atoms with Gasteiger partial charge in [-0.25, -0.2) is 0 Å². The predicted molar refractivity (Wildman–Crippen MR) is 95.2 cm³/mol. The summed E-state index contributed by atoms with van der Waals surface area (Å²) in [5.74, 6) is 0. The zero-order valence-corrected chi connectivity index (χ0v) is 13.9. The van der Waals surface area contributed by atoms with Crippen LogP contribution in [0.15, 0.2) is 65.3 Å². The molecule has 0 saturated heterocycles. The first kappa shape index (κ1) is 14.7. The third kappa shape index (κ3) is 3.16. The maximum atomic E-state index is 9.35. The highest BCUT2D eigenvalue weighted by Gasteiger charge is 2.07. The second-order valence-corrected chi connectivity index (χ2v) is 6.54. The van der Waals surface area contributed by atoms with Crippen molar-refractivity contribution < 1.29 is 0 Å². The van der Waals surface area contributed by atoms with Crippen LogP contribution in [0.25, 0.3) is 22.1 Å². The molecule has 3 rings (SSSR count). The molecular weight excluding hydrogens is 356 g/mol. The average molecular weight is 367 g/mol. The van der Waals surface area contributed by atoms with E-state index in [1.807, 2.05) is 48.5 Å². The molecule has 0 unspecified atom stereocenters. The van der Waals surface area contributed by atoms with E-state index >= 15 is 0 Å². The van der Waals surface area contributed by atoms with Crippen molar-refractivity contribution >= 4 is 38.9 Å². The Bertz CT molecular complexity index is 860. The van der Waals surface area contributed by atoms with Crippen LogP contribution in [-0.2, 0) is 0 Å². The largest absolute Gasteiger partial charge is 0.256 e. The number of hydrogen-bond donors (Lipinski definition) is 0. The Balaban J connectivity index is 1.96. The molecule has 2 aromatic heterocycles. The van der Waals surface area contributed by atoms with E-state index in [1.54, 1.807) is 17.5 Å². The summed E-state index contributed by atoms with van der Waals surface area (Å²) in [6.45, 7) is 0. The van der Waals surface area contributed by atoms with Crippen molar-refractivity contribution in [3.8, 4) is 16.5 Å². The molecular formula is C18H11BrN2S. The molecule has 0 atom stereocenters. The highest BCUT2D eigenvalue weighted by molar-refractivity contribution is 9.10. The third-order valence-corrected chi connectivity index (χ3v) is 4.87. The maximum absolute atomic E-state index is 9.35. The minimum atomic E-state index is 0.570. The zero-order chi connectivity index (χ0) is 15.4. The number of pyridine rings is 1. The Morgan fingerprint density at radius 3 is 2.64 bits per heavy atom. The quantitative estimate of drug-likeness (QED) is 0.562. The molecule has 3 aromatic rings. The summed E-state index contributed by atoms with van der Waals surface area (Å²) in [5, 5.41) is 9.35. The number of allylic oxidation sites excluding steroid dienone is 1. The molecule has 0 aliphatic carbocycles. The summed E-state index contributed by atoms with van der Waals surface area (Å²) in [6, 6.07) is 20.0.